The van der Waals surface area contributed by atoms with Crippen LogP contribution in [0.25, 0.3) is 0 Å². The molecule has 2 rings (SSSR count). The van der Waals surface area contributed by atoms with E-state index in [9.17, 15) is 4.79 Å². The fourth-order valence-corrected chi connectivity index (χ4v) is 3.05. The first-order chi connectivity index (χ1) is 7.67. The summed E-state index contributed by atoms with van der Waals surface area (Å²) in [5, 5.41) is 12.3. The standard InChI is InChI=1S/C12H21NO2S/c1-7(11(6-14)16-2)13-12(15)10-5-9(10)8-3-4-8/h7-11,14H,3-6H2,1-2H3,(H,13,15). The first-order valence-corrected chi connectivity index (χ1v) is 7.40. The highest BCUT2D eigenvalue weighted by Gasteiger charge is 2.51. The van der Waals surface area contributed by atoms with Crippen molar-refractivity contribution in [1.29, 1.82) is 0 Å². The predicted molar refractivity (Wildman–Crippen MR) is 66.3 cm³/mol. The van der Waals surface area contributed by atoms with E-state index in [1.807, 2.05) is 13.2 Å². The Morgan fingerprint density at radius 1 is 1.56 bits per heavy atom. The minimum atomic E-state index is 0.0629. The van der Waals surface area contributed by atoms with Crippen LogP contribution in [-0.2, 0) is 4.79 Å². The lowest BCUT2D eigenvalue weighted by Gasteiger charge is -2.21. The lowest BCUT2D eigenvalue weighted by Crippen LogP contribution is -2.42. The van der Waals surface area contributed by atoms with Gasteiger partial charge in [0.25, 0.3) is 0 Å². The highest BCUT2D eigenvalue weighted by molar-refractivity contribution is 7.99. The molecule has 2 fully saturated rings. The second-order valence-corrected chi connectivity index (χ2v) is 6.17. The molecule has 2 aliphatic carbocycles. The third kappa shape index (κ3) is 2.72. The van der Waals surface area contributed by atoms with E-state index in [1.165, 1.54) is 12.8 Å². The topological polar surface area (TPSA) is 49.3 Å². The number of rotatable bonds is 6. The monoisotopic (exact) mass is 243 g/mol. The largest absolute Gasteiger partial charge is 0.395 e. The van der Waals surface area contributed by atoms with E-state index in [0.717, 1.165) is 12.3 Å². The number of thioether (sulfide) groups is 1. The summed E-state index contributed by atoms with van der Waals surface area (Å²) in [6.07, 6.45) is 5.71. The molecule has 16 heavy (non-hydrogen) atoms. The Labute approximate surface area is 101 Å². The first-order valence-electron chi connectivity index (χ1n) is 6.11. The first kappa shape index (κ1) is 12.2. The second kappa shape index (κ2) is 4.96. The average Bonchev–Trinajstić information content (AvgIpc) is 3.11. The van der Waals surface area contributed by atoms with Gasteiger partial charge in [-0.05, 0) is 44.3 Å². The zero-order valence-corrected chi connectivity index (χ0v) is 10.8. The normalized spacial score (nSPS) is 31.9. The molecule has 0 aromatic rings. The Balaban J connectivity index is 1.74. The van der Waals surface area contributed by atoms with Crippen molar-refractivity contribution >= 4 is 17.7 Å². The Hall–Kier alpha value is -0.220. The summed E-state index contributed by atoms with van der Waals surface area (Å²) in [7, 11) is 0. The van der Waals surface area contributed by atoms with Crippen LogP contribution in [-0.4, -0.2) is 35.2 Å². The summed E-state index contributed by atoms with van der Waals surface area (Å²) >= 11 is 1.61. The zero-order valence-electron chi connectivity index (χ0n) is 9.98. The molecular weight excluding hydrogens is 222 g/mol. The van der Waals surface area contributed by atoms with E-state index in [0.29, 0.717) is 5.92 Å². The van der Waals surface area contributed by atoms with Crippen molar-refractivity contribution in [2.75, 3.05) is 12.9 Å². The van der Waals surface area contributed by atoms with Gasteiger partial charge in [-0.15, -0.1) is 0 Å². The fraction of sp³-hybridized carbons (Fsp3) is 0.917. The van der Waals surface area contributed by atoms with Crippen molar-refractivity contribution in [2.45, 2.75) is 37.5 Å². The molecule has 92 valence electrons. The van der Waals surface area contributed by atoms with Crippen LogP contribution in [0.2, 0.25) is 0 Å². The summed E-state index contributed by atoms with van der Waals surface area (Å²) in [5.41, 5.74) is 0. The van der Waals surface area contributed by atoms with E-state index in [2.05, 4.69) is 5.32 Å². The summed E-state index contributed by atoms with van der Waals surface area (Å²) < 4.78 is 0. The minimum Gasteiger partial charge on any atom is -0.395 e. The Morgan fingerprint density at radius 3 is 2.75 bits per heavy atom. The van der Waals surface area contributed by atoms with Crippen molar-refractivity contribution in [3.63, 3.8) is 0 Å². The van der Waals surface area contributed by atoms with Gasteiger partial charge in [0.2, 0.25) is 5.91 Å². The molecule has 4 unspecified atom stereocenters. The molecule has 0 bridgehead atoms. The number of hydrogen-bond acceptors (Lipinski definition) is 3. The quantitative estimate of drug-likeness (QED) is 0.738. The maximum atomic E-state index is 11.9. The van der Waals surface area contributed by atoms with Gasteiger partial charge in [0.1, 0.15) is 0 Å². The molecule has 3 nitrogen and oxygen atoms in total. The average molecular weight is 243 g/mol. The van der Waals surface area contributed by atoms with Crippen molar-refractivity contribution in [1.82, 2.24) is 5.32 Å². The van der Waals surface area contributed by atoms with Gasteiger partial charge in [0, 0.05) is 17.2 Å². The molecule has 4 heteroatoms. The van der Waals surface area contributed by atoms with Gasteiger partial charge in [-0.3, -0.25) is 4.79 Å². The summed E-state index contributed by atoms with van der Waals surface area (Å²) in [6, 6.07) is 0.0629. The van der Waals surface area contributed by atoms with Gasteiger partial charge in [0.15, 0.2) is 0 Å². The number of carbonyl (C=O) groups is 1. The molecule has 2 saturated carbocycles. The number of nitrogens with one attached hydrogen (secondary N) is 1. The highest BCUT2D eigenvalue weighted by atomic mass is 32.2. The number of hydrogen-bond donors (Lipinski definition) is 2. The maximum Gasteiger partial charge on any atom is 0.223 e. The van der Waals surface area contributed by atoms with Gasteiger partial charge in [-0.2, -0.15) is 11.8 Å². The van der Waals surface area contributed by atoms with Gasteiger partial charge >= 0.3 is 0 Å². The van der Waals surface area contributed by atoms with Crippen molar-refractivity contribution in [3.8, 4) is 0 Å². The molecular formula is C12H21NO2S. The molecule has 4 atom stereocenters. The second-order valence-electron chi connectivity index (χ2n) is 5.10. The van der Waals surface area contributed by atoms with Crippen LogP contribution in [0.1, 0.15) is 26.2 Å². The molecule has 0 aromatic heterocycles. The van der Waals surface area contributed by atoms with Crippen LogP contribution in [0.3, 0.4) is 0 Å². The highest BCUT2D eigenvalue weighted by Crippen LogP contribution is 2.54. The molecule has 0 aromatic carbocycles. The van der Waals surface area contributed by atoms with Gasteiger partial charge in [-0.1, -0.05) is 0 Å². The summed E-state index contributed by atoms with van der Waals surface area (Å²) in [6.45, 7) is 2.10. The number of amides is 1. The summed E-state index contributed by atoms with van der Waals surface area (Å²) in [5.74, 6) is 2.00. The van der Waals surface area contributed by atoms with Gasteiger partial charge in [0.05, 0.1) is 6.61 Å². The number of carbonyl (C=O) groups excluding carboxylic acids is 1. The third-order valence-corrected chi connectivity index (χ3v) is 4.98. The Morgan fingerprint density at radius 2 is 2.25 bits per heavy atom. The van der Waals surface area contributed by atoms with E-state index >= 15 is 0 Å². The van der Waals surface area contributed by atoms with E-state index in [-0.39, 0.29) is 29.7 Å². The van der Waals surface area contributed by atoms with E-state index in [1.54, 1.807) is 11.8 Å². The zero-order chi connectivity index (χ0) is 11.7. The number of aliphatic hydroxyl groups is 1. The van der Waals surface area contributed by atoms with Crippen LogP contribution in [0.5, 0.6) is 0 Å². The molecule has 2 N–H and O–H groups in total. The molecule has 0 radical (unpaired) electrons. The maximum absolute atomic E-state index is 11.9. The van der Waals surface area contributed by atoms with Crippen LogP contribution < -0.4 is 5.32 Å². The lowest BCUT2D eigenvalue weighted by atomic mass is 10.2. The molecule has 0 saturated heterocycles. The molecule has 0 spiro atoms. The van der Waals surface area contributed by atoms with Crippen LogP contribution in [0.4, 0.5) is 0 Å². The molecule has 0 aliphatic heterocycles. The Bertz CT molecular complexity index is 264. The Kier molecular flexibility index (Phi) is 3.80. The van der Waals surface area contributed by atoms with Crippen LogP contribution in [0.15, 0.2) is 0 Å². The predicted octanol–water partition coefficient (Wildman–Crippen LogP) is 1.26. The van der Waals surface area contributed by atoms with Crippen molar-refractivity contribution < 1.29 is 9.90 Å². The molecule has 1 amide bonds. The van der Waals surface area contributed by atoms with Crippen LogP contribution >= 0.6 is 11.8 Å². The summed E-state index contributed by atoms with van der Waals surface area (Å²) in [4.78, 5) is 11.9. The van der Waals surface area contributed by atoms with Gasteiger partial charge < -0.3 is 10.4 Å². The van der Waals surface area contributed by atoms with E-state index in [4.69, 9.17) is 5.11 Å². The molecule has 0 heterocycles. The lowest BCUT2D eigenvalue weighted by molar-refractivity contribution is -0.123. The van der Waals surface area contributed by atoms with Crippen molar-refractivity contribution in [3.05, 3.63) is 0 Å². The minimum absolute atomic E-state index is 0.0629. The third-order valence-electron chi connectivity index (χ3n) is 3.81. The number of aliphatic hydroxyl groups excluding tert-OH is 1. The SMILES string of the molecule is CSC(CO)C(C)NC(=O)C1CC1C1CC1. The van der Waals surface area contributed by atoms with Crippen LogP contribution in [0, 0.1) is 17.8 Å². The molecule has 2 aliphatic rings. The fourth-order valence-electron chi connectivity index (χ4n) is 2.42. The van der Waals surface area contributed by atoms with Gasteiger partial charge in [-0.25, -0.2) is 0 Å². The van der Waals surface area contributed by atoms with Crippen molar-refractivity contribution in [2.24, 2.45) is 17.8 Å². The smallest absolute Gasteiger partial charge is 0.223 e. The van der Waals surface area contributed by atoms with E-state index < -0.39 is 0 Å².